The number of fused-ring (bicyclic) bond motifs is 1. The average Bonchev–Trinajstić information content (AvgIpc) is 2.41. The van der Waals surface area contributed by atoms with Crippen molar-refractivity contribution in [3.05, 3.63) is 23.8 Å². The molecule has 0 saturated carbocycles. The highest BCUT2D eigenvalue weighted by Crippen LogP contribution is 2.21. The molecule has 0 fully saturated rings. The molecule has 0 atom stereocenters. The van der Waals surface area contributed by atoms with E-state index < -0.39 is 0 Å². The number of hydrogen-bond acceptors (Lipinski definition) is 3. The summed E-state index contributed by atoms with van der Waals surface area (Å²) < 4.78 is 1.89. The number of rotatable bonds is 0. The van der Waals surface area contributed by atoms with Gasteiger partial charge in [-0.1, -0.05) is 20.8 Å². The van der Waals surface area contributed by atoms with Crippen molar-refractivity contribution < 1.29 is 0 Å². The van der Waals surface area contributed by atoms with Crippen molar-refractivity contribution in [2.24, 2.45) is 0 Å². The molecule has 2 heterocycles. The maximum atomic E-state index is 5.92. The molecule has 2 aromatic rings. The van der Waals surface area contributed by atoms with E-state index in [2.05, 4.69) is 30.7 Å². The third kappa shape index (κ3) is 1.56. The third-order valence-corrected chi connectivity index (χ3v) is 2.50. The largest absolute Gasteiger partial charge is 0.383 e. The highest BCUT2D eigenvalue weighted by Gasteiger charge is 2.17. The van der Waals surface area contributed by atoms with Gasteiger partial charge in [0, 0.05) is 11.6 Å². The van der Waals surface area contributed by atoms with Crippen LogP contribution in [0.3, 0.4) is 0 Å². The van der Waals surface area contributed by atoms with E-state index in [9.17, 15) is 0 Å². The van der Waals surface area contributed by atoms with Crippen LogP contribution in [0.25, 0.3) is 5.65 Å². The van der Waals surface area contributed by atoms with E-state index in [0.717, 1.165) is 17.0 Å². The summed E-state index contributed by atoms with van der Waals surface area (Å²) in [6.07, 6.45) is 3.73. The first-order chi connectivity index (χ1) is 6.89. The summed E-state index contributed by atoms with van der Waals surface area (Å²) in [5, 5.41) is 0. The predicted molar refractivity (Wildman–Crippen MR) is 60.8 cm³/mol. The number of anilines is 1. The normalized spacial score (nSPS) is 12.3. The van der Waals surface area contributed by atoms with Crippen LogP contribution < -0.4 is 5.73 Å². The lowest BCUT2D eigenvalue weighted by Gasteiger charge is -2.17. The van der Waals surface area contributed by atoms with Gasteiger partial charge in [0.05, 0.1) is 17.6 Å². The van der Waals surface area contributed by atoms with Gasteiger partial charge in [0.2, 0.25) is 0 Å². The van der Waals surface area contributed by atoms with Crippen LogP contribution in [0, 0.1) is 6.92 Å². The summed E-state index contributed by atoms with van der Waals surface area (Å²) in [5.41, 5.74) is 8.62. The molecular weight excluding hydrogens is 188 g/mol. The van der Waals surface area contributed by atoms with Crippen LogP contribution in [0.1, 0.15) is 32.2 Å². The minimum absolute atomic E-state index is 0.0266. The third-order valence-electron chi connectivity index (χ3n) is 2.50. The average molecular weight is 204 g/mol. The lowest BCUT2D eigenvalue weighted by Crippen LogP contribution is -2.14. The van der Waals surface area contributed by atoms with Crippen molar-refractivity contribution in [3.63, 3.8) is 0 Å². The zero-order valence-corrected chi connectivity index (χ0v) is 9.57. The summed E-state index contributed by atoms with van der Waals surface area (Å²) in [7, 11) is 0. The molecule has 2 N–H and O–H groups in total. The Labute approximate surface area is 89.2 Å². The Balaban J connectivity index is 2.70. The van der Waals surface area contributed by atoms with Gasteiger partial charge in [-0.2, -0.15) is 0 Å². The Kier molecular flexibility index (Phi) is 1.96. The quantitative estimate of drug-likeness (QED) is 0.713. The lowest BCUT2D eigenvalue weighted by molar-refractivity contribution is 0.565. The second kappa shape index (κ2) is 2.95. The Hall–Kier alpha value is -1.58. The number of aromatic nitrogens is 3. The Morgan fingerprint density at radius 1 is 1.33 bits per heavy atom. The van der Waals surface area contributed by atoms with Crippen LogP contribution in [-0.2, 0) is 5.41 Å². The smallest absolute Gasteiger partial charge is 0.157 e. The van der Waals surface area contributed by atoms with Crippen molar-refractivity contribution in [2.75, 3.05) is 5.73 Å². The van der Waals surface area contributed by atoms with Gasteiger partial charge in [0.25, 0.3) is 0 Å². The molecule has 0 amide bonds. The van der Waals surface area contributed by atoms with Gasteiger partial charge in [-0.25, -0.2) is 4.98 Å². The van der Waals surface area contributed by atoms with E-state index in [4.69, 9.17) is 5.73 Å². The van der Waals surface area contributed by atoms with Gasteiger partial charge in [-0.3, -0.25) is 9.38 Å². The van der Waals surface area contributed by atoms with Gasteiger partial charge in [0.15, 0.2) is 5.65 Å². The number of nitrogens with zero attached hydrogens (tertiary/aromatic N) is 3. The van der Waals surface area contributed by atoms with E-state index in [0.29, 0.717) is 5.82 Å². The number of imidazole rings is 1. The molecule has 0 spiro atoms. The zero-order chi connectivity index (χ0) is 11.2. The van der Waals surface area contributed by atoms with Crippen LogP contribution in [0.15, 0.2) is 12.4 Å². The van der Waals surface area contributed by atoms with E-state index in [1.807, 2.05) is 17.5 Å². The van der Waals surface area contributed by atoms with Crippen LogP contribution >= 0.6 is 0 Å². The number of nitrogen functional groups attached to an aromatic ring is 1. The topological polar surface area (TPSA) is 56.2 Å². The molecule has 0 aliphatic rings. The second-order valence-corrected chi connectivity index (χ2v) is 4.83. The second-order valence-electron chi connectivity index (χ2n) is 4.83. The van der Waals surface area contributed by atoms with Crippen molar-refractivity contribution in [2.45, 2.75) is 33.1 Å². The van der Waals surface area contributed by atoms with Crippen LogP contribution in [0.2, 0.25) is 0 Å². The monoisotopic (exact) mass is 204 g/mol. The standard InChI is InChI=1S/C11H16N4/c1-7-10(12)15-6-8(11(2,3)4)13-5-9(15)14-7/h5-6H,12H2,1-4H3. The van der Waals surface area contributed by atoms with Gasteiger partial charge < -0.3 is 5.73 Å². The fourth-order valence-electron chi connectivity index (χ4n) is 1.48. The zero-order valence-electron chi connectivity index (χ0n) is 9.57. The molecule has 4 nitrogen and oxygen atoms in total. The molecule has 4 heteroatoms. The van der Waals surface area contributed by atoms with Crippen molar-refractivity contribution in [3.8, 4) is 0 Å². The predicted octanol–water partition coefficient (Wildman–Crippen LogP) is 1.92. The fourth-order valence-corrected chi connectivity index (χ4v) is 1.48. The molecule has 0 aromatic carbocycles. The first-order valence-electron chi connectivity index (χ1n) is 5.00. The number of aryl methyl sites for hydroxylation is 1. The van der Waals surface area contributed by atoms with Gasteiger partial charge in [-0.05, 0) is 6.92 Å². The SMILES string of the molecule is Cc1nc2cnc(C(C)(C)C)cn2c1N. The highest BCUT2D eigenvalue weighted by molar-refractivity contribution is 5.51. The lowest BCUT2D eigenvalue weighted by atomic mass is 9.93. The Morgan fingerprint density at radius 3 is 2.60 bits per heavy atom. The summed E-state index contributed by atoms with van der Waals surface area (Å²) in [4.78, 5) is 8.71. The Bertz CT molecular complexity index is 505. The molecule has 0 bridgehead atoms. The number of nitrogens with two attached hydrogens (primary N) is 1. The summed E-state index contributed by atoms with van der Waals surface area (Å²) in [6, 6.07) is 0. The molecule has 0 aliphatic heterocycles. The first kappa shape index (κ1) is 9.96. The van der Waals surface area contributed by atoms with E-state index >= 15 is 0 Å². The van der Waals surface area contributed by atoms with E-state index in [1.165, 1.54) is 0 Å². The summed E-state index contributed by atoms with van der Waals surface area (Å²) >= 11 is 0. The minimum Gasteiger partial charge on any atom is -0.383 e. The summed E-state index contributed by atoms with van der Waals surface area (Å²) in [5.74, 6) is 0.693. The summed E-state index contributed by atoms with van der Waals surface area (Å²) in [6.45, 7) is 8.28. The van der Waals surface area contributed by atoms with Crippen LogP contribution in [0.4, 0.5) is 5.82 Å². The first-order valence-corrected chi connectivity index (χ1v) is 5.00. The molecule has 0 saturated heterocycles. The van der Waals surface area contributed by atoms with Gasteiger partial charge in [0.1, 0.15) is 5.82 Å². The van der Waals surface area contributed by atoms with Crippen LogP contribution in [0.5, 0.6) is 0 Å². The maximum Gasteiger partial charge on any atom is 0.157 e. The van der Waals surface area contributed by atoms with Gasteiger partial charge in [-0.15, -0.1) is 0 Å². The van der Waals surface area contributed by atoms with Crippen molar-refractivity contribution in [1.29, 1.82) is 0 Å². The molecule has 0 radical (unpaired) electrons. The molecule has 2 rings (SSSR count). The Morgan fingerprint density at radius 2 is 2.00 bits per heavy atom. The van der Waals surface area contributed by atoms with Gasteiger partial charge >= 0.3 is 0 Å². The number of hydrogen-bond donors (Lipinski definition) is 1. The van der Waals surface area contributed by atoms with E-state index in [1.54, 1.807) is 6.20 Å². The molecule has 0 aliphatic carbocycles. The maximum absolute atomic E-state index is 5.92. The van der Waals surface area contributed by atoms with Crippen LogP contribution in [-0.4, -0.2) is 14.4 Å². The van der Waals surface area contributed by atoms with E-state index in [-0.39, 0.29) is 5.41 Å². The molecule has 15 heavy (non-hydrogen) atoms. The molecule has 80 valence electrons. The minimum atomic E-state index is 0.0266. The fraction of sp³-hybridized carbons (Fsp3) is 0.455. The van der Waals surface area contributed by atoms with Crippen molar-refractivity contribution >= 4 is 11.5 Å². The molecule has 2 aromatic heterocycles. The molecular formula is C11H16N4. The van der Waals surface area contributed by atoms with Crippen molar-refractivity contribution in [1.82, 2.24) is 14.4 Å². The highest BCUT2D eigenvalue weighted by atomic mass is 15.1. The molecule has 0 unspecified atom stereocenters.